The number of aromatic hydroxyl groups is 1. The van der Waals surface area contributed by atoms with E-state index in [-0.39, 0.29) is 29.0 Å². The van der Waals surface area contributed by atoms with Crippen LogP contribution in [0.1, 0.15) is 15.9 Å². The Labute approximate surface area is 170 Å². The second kappa shape index (κ2) is 9.38. The topological polar surface area (TPSA) is 95.9 Å². The van der Waals surface area contributed by atoms with E-state index >= 15 is 0 Å². The van der Waals surface area contributed by atoms with Crippen LogP contribution in [0.3, 0.4) is 0 Å². The van der Waals surface area contributed by atoms with Gasteiger partial charge in [0, 0.05) is 37.1 Å². The van der Waals surface area contributed by atoms with Gasteiger partial charge in [-0.05, 0) is 35.9 Å². The largest absolute Gasteiger partial charge is 0.507 e. The summed E-state index contributed by atoms with van der Waals surface area (Å²) in [5.74, 6) is -0.693. The van der Waals surface area contributed by atoms with Crippen molar-refractivity contribution in [3.05, 3.63) is 53.6 Å². The highest BCUT2D eigenvalue weighted by molar-refractivity contribution is 7.90. The third kappa shape index (κ3) is 5.68. The molecule has 1 heterocycles. The molecule has 2 aromatic carbocycles. The highest BCUT2D eigenvalue weighted by Crippen LogP contribution is 2.26. The minimum absolute atomic E-state index is 0. The van der Waals surface area contributed by atoms with E-state index < -0.39 is 9.84 Å². The summed E-state index contributed by atoms with van der Waals surface area (Å²) in [5, 5.41) is 12.3. The van der Waals surface area contributed by atoms with Crippen molar-refractivity contribution in [3.63, 3.8) is 0 Å². The minimum atomic E-state index is -3.59. The van der Waals surface area contributed by atoms with Crippen LogP contribution in [0.4, 0.5) is 5.69 Å². The Hall–Kier alpha value is -2.13. The van der Waals surface area contributed by atoms with Crippen LogP contribution < -0.4 is 5.32 Å². The molecular formula is C19H23ClN2O5S. The number of morpholine rings is 1. The van der Waals surface area contributed by atoms with Gasteiger partial charge < -0.3 is 15.2 Å². The fourth-order valence-corrected chi connectivity index (χ4v) is 3.66. The van der Waals surface area contributed by atoms with Gasteiger partial charge in [0.2, 0.25) is 0 Å². The molecule has 0 aliphatic carbocycles. The molecule has 0 atom stereocenters. The molecule has 1 aliphatic rings. The van der Waals surface area contributed by atoms with Crippen LogP contribution in [0.15, 0.2) is 47.4 Å². The number of hydrogen-bond acceptors (Lipinski definition) is 6. The van der Waals surface area contributed by atoms with E-state index in [4.69, 9.17) is 4.74 Å². The fraction of sp³-hybridized carbons (Fsp3) is 0.316. The first kappa shape index (κ1) is 22.2. The van der Waals surface area contributed by atoms with Crippen molar-refractivity contribution < 1.29 is 23.1 Å². The van der Waals surface area contributed by atoms with Gasteiger partial charge in [0.1, 0.15) is 10.6 Å². The molecule has 2 N–H and O–H groups in total. The second-order valence-electron chi connectivity index (χ2n) is 6.49. The summed E-state index contributed by atoms with van der Waals surface area (Å²) in [4.78, 5) is 14.5. The molecule has 3 rings (SSSR count). The number of nitrogens with zero attached hydrogens (tertiary/aromatic N) is 1. The van der Waals surface area contributed by atoms with Crippen molar-refractivity contribution in [2.75, 3.05) is 37.9 Å². The number of nitrogens with one attached hydrogen (secondary N) is 1. The Morgan fingerprint density at radius 1 is 1.14 bits per heavy atom. The number of hydrogen-bond donors (Lipinski definition) is 2. The highest BCUT2D eigenvalue weighted by atomic mass is 35.5. The van der Waals surface area contributed by atoms with Crippen LogP contribution in [0.2, 0.25) is 0 Å². The van der Waals surface area contributed by atoms with Crippen LogP contribution in [-0.2, 0) is 21.1 Å². The molecule has 0 saturated carbocycles. The average molecular weight is 427 g/mol. The van der Waals surface area contributed by atoms with E-state index in [0.717, 1.165) is 44.7 Å². The number of amides is 1. The molecule has 0 radical (unpaired) electrons. The zero-order valence-corrected chi connectivity index (χ0v) is 17.1. The Morgan fingerprint density at radius 3 is 2.39 bits per heavy atom. The average Bonchev–Trinajstić information content (AvgIpc) is 2.64. The molecule has 152 valence electrons. The van der Waals surface area contributed by atoms with Crippen molar-refractivity contribution in [2.45, 2.75) is 11.4 Å². The van der Waals surface area contributed by atoms with Crippen LogP contribution in [0.5, 0.6) is 5.75 Å². The molecule has 1 aliphatic heterocycles. The lowest BCUT2D eigenvalue weighted by molar-refractivity contribution is 0.0342. The number of phenolic OH excluding ortho intramolecular Hbond substituents is 1. The van der Waals surface area contributed by atoms with Gasteiger partial charge in [-0.15, -0.1) is 12.4 Å². The first-order valence-electron chi connectivity index (χ1n) is 8.56. The van der Waals surface area contributed by atoms with Gasteiger partial charge in [-0.2, -0.15) is 0 Å². The molecule has 0 aromatic heterocycles. The number of carbonyl (C=O) groups excluding carboxylic acids is 1. The lowest BCUT2D eigenvalue weighted by Gasteiger charge is -2.26. The maximum absolute atomic E-state index is 12.4. The SMILES string of the molecule is CS(=O)(=O)c1cc(NC(=O)c2ccc(CN3CCOCC3)cc2)ccc1O.Cl. The quantitative estimate of drug-likeness (QED) is 0.712. The minimum Gasteiger partial charge on any atom is -0.507 e. The molecule has 9 heteroatoms. The van der Waals surface area contributed by atoms with E-state index in [0.29, 0.717) is 11.3 Å². The van der Waals surface area contributed by atoms with Crippen molar-refractivity contribution >= 4 is 33.8 Å². The normalized spacial score (nSPS) is 14.9. The van der Waals surface area contributed by atoms with Crippen LogP contribution in [0.25, 0.3) is 0 Å². The molecule has 0 bridgehead atoms. The number of phenols is 1. The number of anilines is 1. The van der Waals surface area contributed by atoms with Gasteiger partial charge in [0.15, 0.2) is 9.84 Å². The van der Waals surface area contributed by atoms with Crippen LogP contribution >= 0.6 is 12.4 Å². The summed E-state index contributed by atoms with van der Waals surface area (Å²) in [6.45, 7) is 4.07. The number of rotatable bonds is 5. The zero-order valence-electron chi connectivity index (χ0n) is 15.4. The maximum Gasteiger partial charge on any atom is 0.255 e. The van der Waals surface area contributed by atoms with E-state index in [1.165, 1.54) is 18.2 Å². The van der Waals surface area contributed by atoms with Gasteiger partial charge in [-0.3, -0.25) is 9.69 Å². The zero-order chi connectivity index (χ0) is 19.4. The summed E-state index contributed by atoms with van der Waals surface area (Å²) >= 11 is 0. The Morgan fingerprint density at radius 2 is 1.79 bits per heavy atom. The molecule has 0 spiro atoms. The summed E-state index contributed by atoms with van der Waals surface area (Å²) in [6.07, 6.45) is 1.00. The predicted molar refractivity (Wildman–Crippen MR) is 109 cm³/mol. The smallest absolute Gasteiger partial charge is 0.255 e. The van der Waals surface area contributed by atoms with Crippen LogP contribution in [-0.4, -0.2) is 56.9 Å². The van der Waals surface area contributed by atoms with Gasteiger partial charge in [0.25, 0.3) is 5.91 Å². The van der Waals surface area contributed by atoms with Gasteiger partial charge in [-0.1, -0.05) is 12.1 Å². The van der Waals surface area contributed by atoms with Gasteiger partial charge >= 0.3 is 0 Å². The summed E-state index contributed by atoms with van der Waals surface area (Å²) in [5.41, 5.74) is 1.88. The molecule has 1 fully saturated rings. The van der Waals surface area contributed by atoms with Crippen LogP contribution in [0, 0.1) is 0 Å². The maximum atomic E-state index is 12.4. The molecule has 28 heavy (non-hydrogen) atoms. The molecule has 0 unspecified atom stereocenters. The van der Waals surface area contributed by atoms with E-state index in [9.17, 15) is 18.3 Å². The van der Waals surface area contributed by atoms with E-state index in [1.54, 1.807) is 12.1 Å². The Kier molecular flexibility index (Phi) is 7.42. The second-order valence-corrected chi connectivity index (χ2v) is 8.48. The number of ether oxygens (including phenoxy) is 1. The number of halogens is 1. The van der Waals surface area contributed by atoms with Crippen molar-refractivity contribution in [2.24, 2.45) is 0 Å². The monoisotopic (exact) mass is 426 g/mol. The predicted octanol–water partition coefficient (Wildman–Crippen LogP) is 2.30. The number of benzene rings is 2. The van der Waals surface area contributed by atoms with E-state index in [1.807, 2.05) is 12.1 Å². The molecule has 1 amide bonds. The Bertz CT molecular complexity index is 926. The lowest BCUT2D eigenvalue weighted by Crippen LogP contribution is -2.35. The first-order valence-corrected chi connectivity index (χ1v) is 10.5. The number of sulfone groups is 1. The van der Waals surface area contributed by atoms with E-state index in [2.05, 4.69) is 10.2 Å². The standard InChI is InChI=1S/C19H22N2O5S.ClH/c1-27(24,25)18-12-16(6-7-17(18)22)20-19(23)15-4-2-14(3-5-15)13-21-8-10-26-11-9-21;/h2-7,12,22H,8-11,13H2,1H3,(H,20,23);1H. The highest BCUT2D eigenvalue weighted by Gasteiger charge is 2.15. The third-order valence-corrected chi connectivity index (χ3v) is 5.47. The third-order valence-electron chi connectivity index (χ3n) is 4.34. The molecule has 2 aromatic rings. The molecule has 1 saturated heterocycles. The summed E-state index contributed by atoms with van der Waals surface area (Å²) in [7, 11) is -3.59. The molecule has 7 nitrogen and oxygen atoms in total. The number of carbonyl (C=O) groups is 1. The fourth-order valence-electron chi connectivity index (χ4n) is 2.87. The van der Waals surface area contributed by atoms with Crippen molar-refractivity contribution in [1.29, 1.82) is 0 Å². The Balaban J connectivity index is 0.00000280. The van der Waals surface area contributed by atoms with Crippen molar-refractivity contribution in [1.82, 2.24) is 4.90 Å². The summed E-state index contributed by atoms with van der Waals surface area (Å²) < 4.78 is 28.7. The van der Waals surface area contributed by atoms with Gasteiger partial charge in [0.05, 0.1) is 13.2 Å². The molecular weight excluding hydrogens is 404 g/mol. The summed E-state index contributed by atoms with van der Waals surface area (Å²) in [6, 6.07) is 11.2. The first-order chi connectivity index (χ1) is 12.8. The lowest BCUT2D eigenvalue weighted by atomic mass is 10.1. The van der Waals surface area contributed by atoms with Gasteiger partial charge in [-0.25, -0.2) is 8.42 Å². The van der Waals surface area contributed by atoms with Crippen molar-refractivity contribution in [3.8, 4) is 5.75 Å².